The lowest BCUT2D eigenvalue weighted by Gasteiger charge is -2.11. The maximum absolute atomic E-state index is 12.8. The fourth-order valence-electron chi connectivity index (χ4n) is 0.826. The van der Waals surface area contributed by atoms with Crippen molar-refractivity contribution in [2.45, 2.75) is 19.4 Å². The van der Waals surface area contributed by atoms with Crippen LogP contribution in [0.2, 0.25) is 0 Å². The highest BCUT2D eigenvalue weighted by molar-refractivity contribution is 5.40. The van der Waals surface area contributed by atoms with E-state index in [1.165, 1.54) is 6.08 Å². The van der Waals surface area contributed by atoms with Gasteiger partial charge in [-0.1, -0.05) is 20.1 Å². The van der Waals surface area contributed by atoms with Gasteiger partial charge in [-0.2, -0.15) is 5.26 Å². The van der Waals surface area contributed by atoms with Gasteiger partial charge < -0.3 is 5.73 Å². The highest BCUT2D eigenvalue weighted by Gasteiger charge is 2.10. The third kappa shape index (κ3) is 3.68. The molecule has 0 radical (unpaired) electrons. The zero-order valence-corrected chi connectivity index (χ0v) is 7.68. The Labute approximate surface area is 77.9 Å². The fraction of sp³-hybridized carbons (Fsp3) is 0.300. The maximum atomic E-state index is 12.8. The first-order valence-electron chi connectivity index (χ1n) is 3.93. The van der Waals surface area contributed by atoms with Gasteiger partial charge in [0.25, 0.3) is 0 Å². The molecule has 0 bridgehead atoms. The zero-order chi connectivity index (χ0) is 10.4. The number of hydrogen-bond acceptors (Lipinski definition) is 2. The van der Waals surface area contributed by atoms with Gasteiger partial charge in [0.2, 0.25) is 0 Å². The number of nitrogens with two attached hydrogens (primary N) is 1. The van der Waals surface area contributed by atoms with Gasteiger partial charge in [0.05, 0.1) is 6.07 Å². The quantitative estimate of drug-likeness (QED) is 0.532. The molecule has 1 atom stereocenters. The molecule has 13 heavy (non-hydrogen) atoms. The summed E-state index contributed by atoms with van der Waals surface area (Å²) in [5.41, 5.74) is 6.02. The van der Waals surface area contributed by atoms with Crippen LogP contribution in [0.25, 0.3) is 0 Å². The highest BCUT2D eigenvalue weighted by Crippen LogP contribution is 2.16. The van der Waals surface area contributed by atoms with Gasteiger partial charge in [-0.3, -0.25) is 0 Å². The van der Waals surface area contributed by atoms with E-state index in [4.69, 9.17) is 11.0 Å². The Morgan fingerprint density at radius 1 is 1.69 bits per heavy atom. The summed E-state index contributed by atoms with van der Waals surface area (Å²) in [6.07, 6.45) is 1.92. The number of rotatable bonds is 4. The van der Waals surface area contributed by atoms with Gasteiger partial charge in [-0.15, -0.1) is 0 Å². The smallest absolute Gasteiger partial charge is 0.120 e. The van der Waals surface area contributed by atoms with Crippen molar-refractivity contribution in [3.05, 3.63) is 36.2 Å². The lowest BCUT2D eigenvalue weighted by Crippen LogP contribution is -2.21. The largest absolute Gasteiger partial charge is 0.324 e. The van der Waals surface area contributed by atoms with Crippen LogP contribution in [0.5, 0.6) is 0 Å². The Balaban J connectivity index is 4.83. The molecule has 0 saturated heterocycles. The van der Waals surface area contributed by atoms with E-state index in [0.717, 1.165) is 0 Å². The first kappa shape index (κ1) is 11.6. The number of nitriles is 1. The summed E-state index contributed by atoms with van der Waals surface area (Å²) in [4.78, 5) is 0. The minimum atomic E-state index is -0.606. The monoisotopic (exact) mass is 180 g/mol. The average Bonchev–Trinajstić information content (AvgIpc) is 2.11. The van der Waals surface area contributed by atoms with E-state index in [0.29, 0.717) is 6.42 Å². The standard InChI is InChI=1S/C10H13FN2/c1-4-10(13)9(8(3)11)5-7(2)6-12/h5,10H,2-4,13H2,1H3/b9-5+. The molecular weight excluding hydrogens is 167 g/mol. The number of halogens is 1. The molecular formula is C10H13FN2. The summed E-state index contributed by atoms with van der Waals surface area (Å²) >= 11 is 0. The third-order valence-electron chi connectivity index (χ3n) is 1.63. The van der Waals surface area contributed by atoms with Crippen LogP contribution in [0.4, 0.5) is 4.39 Å². The molecule has 0 spiro atoms. The van der Waals surface area contributed by atoms with E-state index >= 15 is 0 Å². The van der Waals surface area contributed by atoms with Gasteiger partial charge in [-0.25, -0.2) is 4.39 Å². The Kier molecular flexibility index (Phi) is 4.71. The van der Waals surface area contributed by atoms with Crippen molar-refractivity contribution in [2.75, 3.05) is 0 Å². The lowest BCUT2D eigenvalue weighted by atomic mass is 10.0. The molecule has 0 saturated carbocycles. The second-order valence-corrected chi connectivity index (χ2v) is 2.66. The third-order valence-corrected chi connectivity index (χ3v) is 1.63. The first-order valence-corrected chi connectivity index (χ1v) is 3.93. The average molecular weight is 180 g/mol. The molecule has 0 aliphatic heterocycles. The van der Waals surface area contributed by atoms with E-state index in [1.807, 2.05) is 6.92 Å². The van der Waals surface area contributed by atoms with E-state index in [-0.39, 0.29) is 11.1 Å². The Morgan fingerprint density at radius 2 is 2.23 bits per heavy atom. The molecule has 0 fully saturated rings. The summed E-state index contributed by atoms with van der Waals surface area (Å²) in [6.45, 7) is 8.39. The molecule has 0 aromatic carbocycles. The summed E-state index contributed by atoms with van der Waals surface area (Å²) in [7, 11) is 0. The molecule has 0 aromatic rings. The van der Waals surface area contributed by atoms with Gasteiger partial charge in [0.15, 0.2) is 0 Å². The normalized spacial score (nSPS) is 13.2. The Bertz CT molecular complexity index is 284. The van der Waals surface area contributed by atoms with Crippen molar-refractivity contribution in [1.29, 1.82) is 5.26 Å². The molecule has 2 nitrogen and oxygen atoms in total. The van der Waals surface area contributed by atoms with Gasteiger partial charge in [0, 0.05) is 17.2 Å². The molecule has 0 heterocycles. The molecule has 0 aliphatic rings. The highest BCUT2D eigenvalue weighted by atomic mass is 19.1. The molecule has 70 valence electrons. The van der Waals surface area contributed by atoms with Gasteiger partial charge >= 0.3 is 0 Å². The van der Waals surface area contributed by atoms with E-state index in [9.17, 15) is 4.39 Å². The number of nitrogens with zero attached hydrogens (tertiary/aromatic N) is 1. The van der Waals surface area contributed by atoms with Crippen molar-refractivity contribution in [1.82, 2.24) is 0 Å². The van der Waals surface area contributed by atoms with Crippen LogP contribution in [0.1, 0.15) is 13.3 Å². The lowest BCUT2D eigenvalue weighted by molar-refractivity contribution is 0.614. The van der Waals surface area contributed by atoms with Crippen molar-refractivity contribution < 1.29 is 4.39 Å². The van der Waals surface area contributed by atoms with E-state index in [1.54, 1.807) is 6.07 Å². The van der Waals surface area contributed by atoms with Crippen molar-refractivity contribution in [3.63, 3.8) is 0 Å². The fourth-order valence-corrected chi connectivity index (χ4v) is 0.826. The van der Waals surface area contributed by atoms with Crippen molar-refractivity contribution in [2.24, 2.45) is 5.73 Å². The number of hydrogen-bond donors (Lipinski definition) is 1. The molecule has 0 amide bonds. The van der Waals surface area contributed by atoms with Crippen LogP contribution in [-0.4, -0.2) is 6.04 Å². The molecule has 3 heteroatoms. The van der Waals surface area contributed by atoms with Crippen molar-refractivity contribution in [3.8, 4) is 6.07 Å². The molecule has 0 rings (SSSR count). The Hall–Kier alpha value is -1.40. The Morgan fingerprint density at radius 3 is 2.54 bits per heavy atom. The van der Waals surface area contributed by atoms with Crippen LogP contribution < -0.4 is 5.73 Å². The maximum Gasteiger partial charge on any atom is 0.120 e. The second kappa shape index (κ2) is 5.28. The number of allylic oxidation sites excluding steroid dienone is 2. The van der Waals surface area contributed by atoms with Crippen LogP contribution in [0, 0.1) is 11.3 Å². The molecule has 0 aromatic heterocycles. The van der Waals surface area contributed by atoms with E-state index < -0.39 is 11.9 Å². The predicted octanol–water partition coefficient (Wildman–Crippen LogP) is 2.21. The van der Waals surface area contributed by atoms with Gasteiger partial charge in [0.1, 0.15) is 5.83 Å². The summed E-state index contributed by atoms with van der Waals surface area (Å²) in [5.74, 6) is -0.606. The minimum absolute atomic E-state index is 0.178. The minimum Gasteiger partial charge on any atom is -0.324 e. The predicted molar refractivity (Wildman–Crippen MR) is 51.4 cm³/mol. The molecule has 2 N–H and O–H groups in total. The van der Waals surface area contributed by atoms with Crippen LogP contribution in [0.3, 0.4) is 0 Å². The van der Waals surface area contributed by atoms with Crippen LogP contribution >= 0.6 is 0 Å². The summed E-state index contributed by atoms with van der Waals surface area (Å²) in [5, 5.41) is 8.43. The van der Waals surface area contributed by atoms with E-state index in [2.05, 4.69) is 13.2 Å². The first-order chi connectivity index (χ1) is 6.02. The second-order valence-electron chi connectivity index (χ2n) is 2.66. The van der Waals surface area contributed by atoms with Crippen LogP contribution in [-0.2, 0) is 0 Å². The summed E-state index contributed by atoms with van der Waals surface area (Å²) < 4.78 is 12.8. The van der Waals surface area contributed by atoms with Crippen LogP contribution in [0.15, 0.2) is 36.2 Å². The summed E-state index contributed by atoms with van der Waals surface area (Å²) in [6, 6.07) is 1.37. The van der Waals surface area contributed by atoms with Crippen molar-refractivity contribution >= 4 is 0 Å². The topological polar surface area (TPSA) is 49.8 Å². The zero-order valence-electron chi connectivity index (χ0n) is 7.68. The molecule has 0 aliphatic carbocycles. The SMILES string of the molecule is C=C(C#N)/C=C(\C(=C)F)C(N)CC. The van der Waals surface area contributed by atoms with Gasteiger partial charge in [-0.05, 0) is 12.5 Å². The molecule has 1 unspecified atom stereocenters.